The summed E-state index contributed by atoms with van der Waals surface area (Å²) in [6.07, 6.45) is 0.863. The second-order valence-corrected chi connectivity index (χ2v) is 6.89. The van der Waals surface area contributed by atoms with Gasteiger partial charge in [-0.3, -0.25) is 0 Å². The van der Waals surface area contributed by atoms with E-state index in [2.05, 4.69) is 16.4 Å². The van der Waals surface area contributed by atoms with Gasteiger partial charge in [0.25, 0.3) is 0 Å². The van der Waals surface area contributed by atoms with Crippen LogP contribution in [-0.2, 0) is 6.54 Å². The molecule has 1 aliphatic rings. The fraction of sp³-hybridized carbons (Fsp3) is 0.167. The molecule has 6 nitrogen and oxygen atoms in total. The molecule has 1 aliphatic heterocycles. The molecule has 3 N–H and O–H groups in total. The quantitative estimate of drug-likeness (QED) is 0.286. The average molecular weight is 526 g/mol. The highest BCUT2D eigenvalue weighted by Crippen LogP contribution is 2.32. The number of nitrogens with one attached hydrogen (secondary N) is 1. The number of guanidine groups is 1. The van der Waals surface area contributed by atoms with E-state index in [0.717, 1.165) is 34.5 Å². The molecule has 0 aromatic heterocycles. The summed E-state index contributed by atoms with van der Waals surface area (Å²) in [5, 5.41) is 12.4. The standard InChI is InChI=1S/C24H22N4O2.HI/c25-15-19-4-1-2-5-21(19)18-8-6-17(7-9-18)16-27-24(26)28-20-10-11-22-23(14-20)30-13-3-12-29-22;/h1-2,4-11,14H,3,12-13,16H2,(H3,26,27,28);1H. The molecule has 158 valence electrons. The number of nitrogens with two attached hydrogens (primary N) is 1. The van der Waals surface area contributed by atoms with Gasteiger partial charge in [0.2, 0.25) is 0 Å². The Hall–Kier alpha value is -3.25. The van der Waals surface area contributed by atoms with Crippen molar-refractivity contribution in [2.75, 3.05) is 18.5 Å². The summed E-state index contributed by atoms with van der Waals surface area (Å²) in [5.74, 6) is 1.77. The van der Waals surface area contributed by atoms with Crippen LogP contribution in [0.3, 0.4) is 0 Å². The molecule has 0 radical (unpaired) electrons. The zero-order chi connectivity index (χ0) is 20.8. The number of halogens is 1. The van der Waals surface area contributed by atoms with Crippen LogP contribution >= 0.6 is 24.0 Å². The molecule has 3 aromatic carbocycles. The molecule has 0 aliphatic carbocycles. The van der Waals surface area contributed by atoms with Gasteiger partial charge in [0.1, 0.15) is 0 Å². The second-order valence-electron chi connectivity index (χ2n) is 6.89. The van der Waals surface area contributed by atoms with Crippen molar-refractivity contribution < 1.29 is 9.47 Å². The smallest absolute Gasteiger partial charge is 0.193 e. The van der Waals surface area contributed by atoms with Gasteiger partial charge in [-0.15, -0.1) is 24.0 Å². The van der Waals surface area contributed by atoms with E-state index >= 15 is 0 Å². The first-order chi connectivity index (χ1) is 14.7. The molecular weight excluding hydrogens is 503 g/mol. The normalized spacial score (nSPS) is 12.8. The van der Waals surface area contributed by atoms with Gasteiger partial charge in [0.05, 0.1) is 31.4 Å². The molecular formula is C24H23IN4O2. The minimum absolute atomic E-state index is 0. The monoisotopic (exact) mass is 526 g/mol. The highest BCUT2D eigenvalue weighted by Gasteiger charge is 2.11. The van der Waals surface area contributed by atoms with Crippen molar-refractivity contribution in [1.29, 1.82) is 5.26 Å². The number of benzene rings is 3. The van der Waals surface area contributed by atoms with Gasteiger partial charge in [0.15, 0.2) is 17.5 Å². The van der Waals surface area contributed by atoms with Crippen LogP contribution in [0.4, 0.5) is 5.69 Å². The van der Waals surface area contributed by atoms with Crippen LogP contribution in [0.5, 0.6) is 11.5 Å². The van der Waals surface area contributed by atoms with Crippen molar-refractivity contribution >= 4 is 35.6 Å². The summed E-state index contributed by atoms with van der Waals surface area (Å²) in [5.41, 5.74) is 10.4. The fourth-order valence-electron chi connectivity index (χ4n) is 3.23. The molecule has 0 fully saturated rings. The van der Waals surface area contributed by atoms with E-state index in [1.165, 1.54) is 0 Å². The summed E-state index contributed by atoms with van der Waals surface area (Å²) in [4.78, 5) is 4.42. The molecule has 0 amide bonds. The van der Waals surface area contributed by atoms with E-state index in [9.17, 15) is 5.26 Å². The van der Waals surface area contributed by atoms with Crippen LogP contribution in [0.15, 0.2) is 71.7 Å². The second kappa shape index (κ2) is 10.7. The van der Waals surface area contributed by atoms with Gasteiger partial charge < -0.3 is 20.5 Å². The molecule has 0 bridgehead atoms. The van der Waals surface area contributed by atoms with E-state index in [1.807, 2.05) is 66.7 Å². The van der Waals surface area contributed by atoms with Crippen molar-refractivity contribution in [2.45, 2.75) is 13.0 Å². The molecule has 0 saturated heterocycles. The minimum Gasteiger partial charge on any atom is -0.490 e. The number of rotatable bonds is 4. The lowest BCUT2D eigenvalue weighted by Gasteiger charge is -2.11. The van der Waals surface area contributed by atoms with Crippen molar-refractivity contribution in [2.24, 2.45) is 10.7 Å². The molecule has 0 atom stereocenters. The van der Waals surface area contributed by atoms with Gasteiger partial charge in [-0.05, 0) is 34.9 Å². The number of nitriles is 1. The predicted octanol–water partition coefficient (Wildman–Crippen LogP) is 4.93. The van der Waals surface area contributed by atoms with E-state index in [-0.39, 0.29) is 24.0 Å². The Kier molecular flexibility index (Phi) is 7.73. The Bertz CT molecular complexity index is 1110. The summed E-state index contributed by atoms with van der Waals surface area (Å²) in [6.45, 7) is 1.74. The summed E-state index contributed by atoms with van der Waals surface area (Å²) in [7, 11) is 0. The third kappa shape index (κ3) is 5.67. The maximum Gasteiger partial charge on any atom is 0.193 e. The number of hydrogen-bond acceptors (Lipinski definition) is 4. The Labute approximate surface area is 198 Å². The predicted molar refractivity (Wildman–Crippen MR) is 133 cm³/mol. The minimum atomic E-state index is 0. The van der Waals surface area contributed by atoms with Gasteiger partial charge in [-0.25, -0.2) is 4.99 Å². The highest BCUT2D eigenvalue weighted by molar-refractivity contribution is 14.0. The Balaban J connectivity index is 0.00000272. The third-order valence-electron chi connectivity index (χ3n) is 4.76. The van der Waals surface area contributed by atoms with Gasteiger partial charge in [0, 0.05) is 18.2 Å². The van der Waals surface area contributed by atoms with Crippen LogP contribution in [0.1, 0.15) is 17.5 Å². The average Bonchev–Trinajstić information content (AvgIpc) is 3.03. The summed E-state index contributed by atoms with van der Waals surface area (Å²) in [6, 6.07) is 23.4. The topological polar surface area (TPSA) is 92.7 Å². The molecule has 0 unspecified atom stereocenters. The first-order valence-corrected chi connectivity index (χ1v) is 9.78. The van der Waals surface area contributed by atoms with E-state index in [4.69, 9.17) is 15.2 Å². The van der Waals surface area contributed by atoms with Crippen molar-refractivity contribution in [3.63, 3.8) is 0 Å². The molecule has 0 spiro atoms. The lowest BCUT2D eigenvalue weighted by molar-refractivity contribution is 0.297. The lowest BCUT2D eigenvalue weighted by Crippen LogP contribution is -2.22. The number of aliphatic imine (C=N–C) groups is 1. The summed E-state index contributed by atoms with van der Waals surface area (Å²) < 4.78 is 11.3. The van der Waals surface area contributed by atoms with E-state index in [0.29, 0.717) is 37.0 Å². The molecule has 31 heavy (non-hydrogen) atoms. The first-order valence-electron chi connectivity index (χ1n) is 9.78. The zero-order valence-corrected chi connectivity index (χ0v) is 19.2. The van der Waals surface area contributed by atoms with Gasteiger partial charge >= 0.3 is 0 Å². The largest absolute Gasteiger partial charge is 0.490 e. The van der Waals surface area contributed by atoms with E-state index in [1.54, 1.807) is 0 Å². The number of anilines is 1. The SMILES string of the molecule is I.N#Cc1ccccc1-c1ccc(CN=C(N)Nc2ccc3c(c2)OCCCO3)cc1. The van der Waals surface area contributed by atoms with Gasteiger partial charge in [-0.2, -0.15) is 5.26 Å². The number of nitrogens with zero attached hydrogens (tertiary/aromatic N) is 2. The van der Waals surface area contributed by atoms with Crippen LogP contribution in [0.25, 0.3) is 11.1 Å². The van der Waals surface area contributed by atoms with Crippen LogP contribution < -0.4 is 20.5 Å². The van der Waals surface area contributed by atoms with Crippen molar-refractivity contribution in [3.05, 3.63) is 77.9 Å². The van der Waals surface area contributed by atoms with Crippen molar-refractivity contribution in [3.8, 4) is 28.7 Å². The lowest BCUT2D eigenvalue weighted by atomic mass is 9.99. The Morgan fingerprint density at radius 3 is 2.52 bits per heavy atom. The summed E-state index contributed by atoms with van der Waals surface area (Å²) >= 11 is 0. The molecule has 1 heterocycles. The van der Waals surface area contributed by atoms with Crippen LogP contribution in [0.2, 0.25) is 0 Å². The van der Waals surface area contributed by atoms with Crippen molar-refractivity contribution in [1.82, 2.24) is 0 Å². The number of ether oxygens (including phenoxy) is 2. The van der Waals surface area contributed by atoms with E-state index < -0.39 is 0 Å². The van der Waals surface area contributed by atoms with Crippen LogP contribution in [0, 0.1) is 11.3 Å². The molecule has 0 saturated carbocycles. The Morgan fingerprint density at radius 2 is 1.74 bits per heavy atom. The molecule has 3 aromatic rings. The first kappa shape index (κ1) is 22.4. The number of hydrogen-bond donors (Lipinski definition) is 2. The highest BCUT2D eigenvalue weighted by atomic mass is 127. The number of fused-ring (bicyclic) bond motifs is 1. The third-order valence-corrected chi connectivity index (χ3v) is 4.76. The maximum absolute atomic E-state index is 9.28. The maximum atomic E-state index is 9.28. The zero-order valence-electron chi connectivity index (χ0n) is 16.9. The van der Waals surface area contributed by atoms with Crippen LogP contribution in [-0.4, -0.2) is 19.2 Å². The van der Waals surface area contributed by atoms with Gasteiger partial charge in [-0.1, -0.05) is 42.5 Å². The molecule has 4 rings (SSSR count). The fourth-order valence-corrected chi connectivity index (χ4v) is 3.23. The molecule has 7 heteroatoms. The Morgan fingerprint density at radius 1 is 1.00 bits per heavy atom.